The van der Waals surface area contributed by atoms with E-state index in [1.165, 1.54) is 0 Å². The number of aliphatic carboxylic acids is 1. The molecule has 7 N–H and O–H groups in total. The van der Waals surface area contributed by atoms with Gasteiger partial charge in [0.15, 0.2) is 0 Å². The fourth-order valence-electron chi connectivity index (χ4n) is 2.34. The van der Waals surface area contributed by atoms with Crippen LogP contribution in [0.2, 0.25) is 0 Å². The number of aliphatic hydroxyl groups is 3. The summed E-state index contributed by atoms with van der Waals surface area (Å²) in [7, 11) is 0. The molecular formula is C18H26N2O8. The first-order chi connectivity index (χ1) is 13.0. The zero-order valence-electron chi connectivity index (χ0n) is 15.7. The van der Waals surface area contributed by atoms with E-state index in [0.29, 0.717) is 11.3 Å². The molecular weight excluding hydrogens is 372 g/mol. The van der Waals surface area contributed by atoms with E-state index in [9.17, 15) is 29.7 Å². The molecule has 28 heavy (non-hydrogen) atoms. The monoisotopic (exact) mass is 398 g/mol. The number of amides is 1. The molecule has 1 amide bonds. The van der Waals surface area contributed by atoms with E-state index in [-0.39, 0.29) is 19.4 Å². The van der Waals surface area contributed by atoms with Crippen molar-refractivity contribution in [2.24, 2.45) is 5.73 Å². The van der Waals surface area contributed by atoms with E-state index in [2.05, 4.69) is 5.32 Å². The third-order valence-electron chi connectivity index (χ3n) is 4.25. The van der Waals surface area contributed by atoms with Crippen LogP contribution in [-0.4, -0.2) is 62.1 Å². The third-order valence-corrected chi connectivity index (χ3v) is 4.25. The number of benzene rings is 1. The number of hydrogen-bond donors (Lipinski definition) is 6. The van der Waals surface area contributed by atoms with Crippen molar-refractivity contribution in [3.05, 3.63) is 29.8 Å². The van der Waals surface area contributed by atoms with E-state index in [1.54, 1.807) is 24.3 Å². The summed E-state index contributed by atoms with van der Waals surface area (Å²) in [5.74, 6) is -2.89. The van der Waals surface area contributed by atoms with Crippen LogP contribution in [0.4, 0.5) is 5.69 Å². The van der Waals surface area contributed by atoms with Crippen LogP contribution in [-0.2, 0) is 25.7 Å². The molecule has 1 aromatic rings. The van der Waals surface area contributed by atoms with Crippen molar-refractivity contribution < 1.29 is 39.5 Å². The minimum Gasteiger partial charge on any atom is -0.480 e. The number of carbonyl (C=O) groups excluding carboxylic acids is 2. The number of carboxylic acid groups (broad SMARTS) is 1. The molecule has 0 saturated carbocycles. The summed E-state index contributed by atoms with van der Waals surface area (Å²) in [5, 5.41) is 40.7. The number of ether oxygens (including phenoxy) is 1. The van der Waals surface area contributed by atoms with Gasteiger partial charge in [-0.15, -0.1) is 0 Å². The van der Waals surface area contributed by atoms with E-state index < -0.39 is 41.7 Å². The second kappa shape index (κ2) is 10.1. The van der Waals surface area contributed by atoms with Gasteiger partial charge < -0.3 is 36.2 Å². The maximum Gasteiger partial charge on any atom is 0.343 e. The van der Waals surface area contributed by atoms with Gasteiger partial charge >= 0.3 is 11.9 Å². The predicted octanol–water partition coefficient (Wildman–Crippen LogP) is -0.647. The predicted molar refractivity (Wildman–Crippen MR) is 98.0 cm³/mol. The lowest BCUT2D eigenvalue weighted by molar-refractivity contribution is -0.194. The summed E-state index contributed by atoms with van der Waals surface area (Å²) >= 11 is 0. The van der Waals surface area contributed by atoms with Crippen LogP contribution in [0.5, 0.6) is 0 Å². The van der Waals surface area contributed by atoms with Gasteiger partial charge in [0.25, 0.3) is 0 Å². The van der Waals surface area contributed by atoms with Crippen molar-refractivity contribution >= 4 is 23.5 Å². The van der Waals surface area contributed by atoms with Gasteiger partial charge in [0.2, 0.25) is 11.5 Å². The summed E-state index contributed by atoms with van der Waals surface area (Å²) < 4.78 is 5.01. The molecule has 0 radical (unpaired) electrons. The summed E-state index contributed by atoms with van der Waals surface area (Å²) in [6.07, 6.45) is -3.32. The Hall–Kier alpha value is -2.53. The average molecular weight is 398 g/mol. The van der Waals surface area contributed by atoms with Crippen LogP contribution in [0.1, 0.15) is 32.3 Å². The van der Waals surface area contributed by atoms with Gasteiger partial charge in [0.05, 0.1) is 12.2 Å². The Kier molecular flexibility index (Phi) is 8.51. The first-order valence-electron chi connectivity index (χ1n) is 8.62. The van der Waals surface area contributed by atoms with Crippen LogP contribution in [0.3, 0.4) is 0 Å². The van der Waals surface area contributed by atoms with Crippen molar-refractivity contribution in [3.63, 3.8) is 0 Å². The first-order valence-corrected chi connectivity index (χ1v) is 8.62. The lowest BCUT2D eigenvalue weighted by Gasteiger charge is -2.31. The number of carbonyl (C=O) groups is 3. The zero-order chi connectivity index (χ0) is 21.5. The van der Waals surface area contributed by atoms with Gasteiger partial charge in [0, 0.05) is 17.7 Å². The minimum absolute atomic E-state index is 0.0475. The summed E-state index contributed by atoms with van der Waals surface area (Å²) in [4.78, 5) is 34.8. The van der Waals surface area contributed by atoms with Crippen LogP contribution < -0.4 is 11.1 Å². The Morgan fingerprint density at radius 3 is 2.29 bits per heavy atom. The summed E-state index contributed by atoms with van der Waals surface area (Å²) in [6, 6.07) is 5.23. The molecule has 0 unspecified atom stereocenters. The number of anilines is 1. The molecule has 10 heteroatoms. The Labute approximate surface area is 161 Å². The maximum absolute atomic E-state index is 12.1. The number of carboxylic acids is 1. The maximum atomic E-state index is 12.1. The molecule has 0 aliphatic carbocycles. The quantitative estimate of drug-likeness (QED) is 0.279. The van der Waals surface area contributed by atoms with Gasteiger partial charge in [-0.2, -0.15) is 0 Å². The number of rotatable bonds is 10. The fraction of sp³-hybridized carbons (Fsp3) is 0.500. The van der Waals surface area contributed by atoms with Crippen molar-refractivity contribution in [2.45, 2.75) is 57.1 Å². The van der Waals surface area contributed by atoms with Gasteiger partial charge in [-0.25, -0.2) is 4.79 Å². The van der Waals surface area contributed by atoms with E-state index >= 15 is 0 Å². The molecule has 0 saturated heterocycles. The van der Waals surface area contributed by atoms with E-state index in [1.807, 2.05) is 0 Å². The summed E-state index contributed by atoms with van der Waals surface area (Å²) in [5.41, 5.74) is 3.58. The molecule has 0 aromatic heterocycles. The molecule has 0 aliphatic rings. The largest absolute Gasteiger partial charge is 0.480 e. The number of hydrogen-bond acceptors (Lipinski definition) is 8. The van der Waals surface area contributed by atoms with Crippen molar-refractivity contribution in [1.82, 2.24) is 0 Å². The lowest BCUT2D eigenvalue weighted by atomic mass is 9.92. The molecule has 0 spiro atoms. The van der Waals surface area contributed by atoms with Gasteiger partial charge in [0.1, 0.15) is 12.6 Å². The number of esters is 1. The van der Waals surface area contributed by atoms with Crippen molar-refractivity contribution in [1.29, 1.82) is 0 Å². The highest BCUT2D eigenvalue weighted by Gasteiger charge is 2.47. The highest BCUT2D eigenvalue weighted by molar-refractivity contribution is 5.92. The molecule has 156 valence electrons. The Morgan fingerprint density at radius 2 is 1.75 bits per heavy atom. The second-order valence-electron chi connectivity index (χ2n) is 6.44. The first kappa shape index (κ1) is 23.5. The van der Waals surface area contributed by atoms with Crippen LogP contribution in [0.15, 0.2) is 24.3 Å². The fourth-order valence-corrected chi connectivity index (χ4v) is 2.34. The molecule has 1 aromatic carbocycles. The molecule has 0 fully saturated rings. The van der Waals surface area contributed by atoms with Gasteiger partial charge in [-0.1, -0.05) is 18.2 Å². The van der Waals surface area contributed by atoms with Crippen LogP contribution in [0.25, 0.3) is 0 Å². The Balaban J connectivity index is 2.78. The highest BCUT2D eigenvalue weighted by atomic mass is 16.6. The number of para-hydroxylation sites is 1. The van der Waals surface area contributed by atoms with Crippen LogP contribution >= 0.6 is 0 Å². The third kappa shape index (κ3) is 5.99. The molecule has 0 aliphatic heterocycles. The Morgan fingerprint density at radius 1 is 1.18 bits per heavy atom. The molecule has 1 rings (SSSR count). The molecule has 3 atom stereocenters. The summed E-state index contributed by atoms with van der Waals surface area (Å²) in [6.45, 7) is 1.94. The topological polar surface area (TPSA) is 179 Å². The smallest absolute Gasteiger partial charge is 0.343 e. The zero-order valence-corrected chi connectivity index (χ0v) is 15.7. The number of nitrogens with one attached hydrogen (secondary N) is 1. The molecule has 0 bridgehead atoms. The SMILES string of the molecule is C[C@H](O)C(O)(C(=O)OCc1ccccc1NC(=O)CC[C@H](N)C(=O)O)[C@H](C)O. The van der Waals surface area contributed by atoms with Crippen LogP contribution in [0, 0.1) is 0 Å². The van der Waals surface area contributed by atoms with Gasteiger partial charge in [-0.3, -0.25) is 9.59 Å². The number of nitrogens with two attached hydrogens (primary N) is 1. The van der Waals surface area contributed by atoms with E-state index in [4.69, 9.17) is 15.6 Å². The number of aliphatic hydroxyl groups excluding tert-OH is 2. The lowest BCUT2D eigenvalue weighted by Crippen LogP contribution is -2.56. The van der Waals surface area contributed by atoms with E-state index in [0.717, 1.165) is 13.8 Å². The second-order valence-corrected chi connectivity index (χ2v) is 6.44. The van der Waals surface area contributed by atoms with Crippen molar-refractivity contribution in [2.75, 3.05) is 5.32 Å². The standard InChI is InChI=1S/C18H26N2O8/c1-10(21)18(27,11(2)22)17(26)28-9-12-5-3-4-6-14(12)20-15(23)8-7-13(19)16(24)25/h3-6,10-11,13,21-22,27H,7-9,19H2,1-2H3,(H,20,23)(H,24,25)/t10-,11-,13-/m0/s1. The molecule has 10 nitrogen and oxygen atoms in total. The minimum atomic E-state index is -2.49. The van der Waals surface area contributed by atoms with Crippen molar-refractivity contribution in [3.8, 4) is 0 Å². The Bertz CT molecular complexity index is 697. The molecule has 0 heterocycles. The average Bonchev–Trinajstić information content (AvgIpc) is 2.63. The highest BCUT2D eigenvalue weighted by Crippen LogP contribution is 2.21. The van der Waals surface area contributed by atoms with Gasteiger partial charge in [-0.05, 0) is 26.3 Å². The normalized spacial score (nSPS) is 14.6.